The molecule has 4 heteroatoms. The van der Waals surface area contributed by atoms with Gasteiger partial charge < -0.3 is 9.90 Å². The number of aryl methyl sites for hydroxylation is 1. The minimum Gasteiger partial charge on any atom is -0.543 e. The van der Waals surface area contributed by atoms with Gasteiger partial charge >= 0.3 is 0 Å². The summed E-state index contributed by atoms with van der Waals surface area (Å²) in [7, 11) is 0. The van der Waals surface area contributed by atoms with Crippen molar-refractivity contribution >= 4 is 5.97 Å². The third kappa shape index (κ3) is 1.88. The van der Waals surface area contributed by atoms with Gasteiger partial charge in [-0.3, -0.25) is 4.68 Å². The Labute approximate surface area is 77.2 Å². The van der Waals surface area contributed by atoms with Gasteiger partial charge in [-0.25, -0.2) is 0 Å². The predicted octanol–water partition coefficient (Wildman–Crippen LogP) is 0.390. The number of carboxylic acid groups (broad SMARTS) is 1. The van der Waals surface area contributed by atoms with E-state index in [0.29, 0.717) is 6.54 Å². The Bertz CT molecular complexity index is 315. The highest BCUT2D eigenvalue weighted by Crippen LogP contribution is 2.13. The van der Waals surface area contributed by atoms with E-state index in [2.05, 4.69) is 5.10 Å². The molecule has 1 rings (SSSR count). The number of hydrogen-bond acceptors (Lipinski definition) is 3. The average Bonchev–Trinajstić information content (AvgIpc) is 2.47. The van der Waals surface area contributed by atoms with Gasteiger partial charge in [-0.1, -0.05) is 13.8 Å². The Hall–Kier alpha value is -1.32. The number of carbonyl (C=O) groups is 1. The van der Waals surface area contributed by atoms with Gasteiger partial charge in [-0.2, -0.15) is 5.10 Å². The lowest BCUT2D eigenvalue weighted by Gasteiger charge is -2.03. The van der Waals surface area contributed by atoms with Crippen molar-refractivity contribution in [3.05, 3.63) is 17.5 Å². The first-order valence-electron chi connectivity index (χ1n) is 4.35. The molecule has 0 saturated heterocycles. The highest BCUT2D eigenvalue weighted by molar-refractivity contribution is 5.83. The summed E-state index contributed by atoms with van der Waals surface area (Å²) in [5.41, 5.74) is 0.951. The molecule has 0 fully saturated rings. The molecule has 1 heterocycles. The van der Waals surface area contributed by atoms with Crippen molar-refractivity contribution in [3.63, 3.8) is 0 Å². The van der Waals surface area contributed by atoms with Crippen molar-refractivity contribution in [3.8, 4) is 0 Å². The summed E-state index contributed by atoms with van der Waals surface area (Å²) in [6, 6.07) is 1.57. The van der Waals surface area contributed by atoms with Crippen molar-refractivity contribution in [2.75, 3.05) is 0 Å². The van der Waals surface area contributed by atoms with Gasteiger partial charge in [-0.05, 0) is 18.9 Å². The first-order chi connectivity index (χ1) is 6.06. The maximum absolute atomic E-state index is 10.6. The summed E-state index contributed by atoms with van der Waals surface area (Å²) in [5, 5.41) is 14.8. The fourth-order valence-electron chi connectivity index (χ4n) is 1.12. The molecule has 13 heavy (non-hydrogen) atoms. The molecular formula is C9H13N2O2-. The number of aromatic carboxylic acids is 1. The van der Waals surface area contributed by atoms with Crippen LogP contribution in [0.3, 0.4) is 0 Å². The summed E-state index contributed by atoms with van der Waals surface area (Å²) in [5.74, 6) is -0.924. The van der Waals surface area contributed by atoms with Crippen LogP contribution >= 0.6 is 0 Å². The van der Waals surface area contributed by atoms with Crippen molar-refractivity contribution in [1.82, 2.24) is 9.78 Å². The smallest absolute Gasteiger partial charge is 0.0896 e. The Kier molecular flexibility index (Phi) is 2.70. The van der Waals surface area contributed by atoms with E-state index in [1.165, 1.54) is 4.68 Å². The van der Waals surface area contributed by atoms with Crippen molar-refractivity contribution in [2.45, 2.75) is 33.2 Å². The fraction of sp³-hybridized carbons (Fsp3) is 0.556. The van der Waals surface area contributed by atoms with Crippen LogP contribution in [0.25, 0.3) is 0 Å². The lowest BCUT2D eigenvalue weighted by molar-refractivity contribution is -0.255. The van der Waals surface area contributed by atoms with E-state index in [4.69, 9.17) is 0 Å². The first-order valence-corrected chi connectivity index (χ1v) is 4.35. The number of carbonyl (C=O) groups excluding carboxylic acids is 1. The average molecular weight is 181 g/mol. The number of nitrogens with zero attached hydrogens (tertiary/aromatic N) is 2. The van der Waals surface area contributed by atoms with Gasteiger partial charge in [0.25, 0.3) is 0 Å². The SMILES string of the molecule is CCn1nc(C(C)C)cc1C(=O)[O-]. The lowest BCUT2D eigenvalue weighted by atomic mass is 10.1. The first kappa shape index (κ1) is 9.77. The molecule has 0 spiro atoms. The second kappa shape index (κ2) is 3.60. The van der Waals surface area contributed by atoms with Crippen LogP contribution in [0.5, 0.6) is 0 Å². The zero-order chi connectivity index (χ0) is 10.0. The maximum atomic E-state index is 10.6. The Morgan fingerprint density at radius 3 is 2.62 bits per heavy atom. The quantitative estimate of drug-likeness (QED) is 0.677. The summed E-state index contributed by atoms with van der Waals surface area (Å²) in [6.07, 6.45) is 0. The number of aromatic nitrogens is 2. The van der Waals surface area contributed by atoms with E-state index in [1.54, 1.807) is 6.07 Å². The normalized spacial score (nSPS) is 10.8. The zero-order valence-electron chi connectivity index (χ0n) is 8.07. The van der Waals surface area contributed by atoms with Crippen LogP contribution in [0.2, 0.25) is 0 Å². The van der Waals surface area contributed by atoms with Crippen LogP contribution in [-0.4, -0.2) is 15.7 Å². The number of hydrogen-bond donors (Lipinski definition) is 0. The van der Waals surface area contributed by atoms with Crippen LogP contribution in [-0.2, 0) is 6.54 Å². The molecule has 0 aromatic carbocycles. The van der Waals surface area contributed by atoms with Crippen LogP contribution in [0.4, 0.5) is 0 Å². The third-order valence-corrected chi connectivity index (χ3v) is 1.90. The molecule has 0 aliphatic heterocycles. The Morgan fingerprint density at radius 1 is 1.69 bits per heavy atom. The van der Waals surface area contributed by atoms with Crippen LogP contribution < -0.4 is 5.11 Å². The summed E-state index contributed by atoms with van der Waals surface area (Å²) >= 11 is 0. The minimum atomic E-state index is -1.17. The minimum absolute atomic E-state index is 0.159. The van der Waals surface area contributed by atoms with Crippen molar-refractivity contribution in [2.24, 2.45) is 0 Å². The molecule has 1 aromatic heterocycles. The van der Waals surface area contributed by atoms with Crippen molar-refractivity contribution < 1.29 is 9.90 Å². The molecule has 0 atom stereocenters. The van der Waals surface area contributed by atoms with Gasteiger partial charge in [0.15, 0.2) is 0 Å². The molecule has 0 radical (unpaired) electrons. The molecule has 1 aromatic rings. The van der Waals surface area contributed by atoms with E-state index < -0.39 is 5.97 Å². The molecule has 0 aliphatic rings. The van der Waals surface area contributed by atoms with Crippen molar-refractivity contribution in [1.29, 1.82) is 0 Å². The van der Waals surface area contributed by atoms with E-state index in [1.807, 2.05) is 20.8 Å². The monoisotopic (exact) mass is 181 g/mol. The third-order valence-electron chi connectivity index (χ3n) is 1.90. The second-order valence-electron chi connectivity index (χ2n) is 3.21. The van der Waals surface area contributed by atoms with Crippen LogP contribution in [0, 0.1) is 0 Å². The van der Waals surface area contributed by atoms with E-state index >= 15 is 0 Å². The van der Waals surface area contributed by atoms with E-state index in [9.17, 15) is 9.90 Å². The zero-order valence-corrected chi connectivity index (χ0v) is 8.07. The molecule has 4 nitrogen and oxygen atoms in total. The van der Waals surface area contributed by atoms with E-state index in [0.717, 1.165) is 5.69 Å². The summed E-state index contributed by atoms with van der Waals surface area (Å²) in [6.45, 7) is 6.35. The molecule has 0 aliphatic carbocycles. The topological polar surface area (TPSA) is 58.0 Å². The highest BCUT2D eigenvalue weighted by Gasteiger charge is 2.09. The fourth-order valence-corrected chi connectivity index (χ4v) is 1.12. The van der Waals surface area contributed by atoms with Gasteiger partial charge in [0.05, 0.1) is 17.4 Å². The van der Waals surface area contributed by atoms with E-state index in [-0.39, 0.29) is 11.6 Å². The summed E-state index contributed by atoms with van der Waals surface area (Å²) < 4.78 is 1.45. The largest absolute Gasteiger partial charge is 0.543 e. The Morgan fingerprint density at radius 2 is 2.31 bits per heavy atom. The van der Waals surface area contributed by atoms with Gasteiger partial charge in [-0.15, -0.1) is 0 Å². The molecule has 0 unspecified atom stereocenters. The standard InChI is InChI=1S/C9H14N2O2/c1-4-11-8(9(12)13)5-7(10-11)6(2)3/h5-6H,4H2,1-3H3,(H,12,13)/p-1. The number of carboxylic acids is 1. The molecule has 0 amide bonds. The number of rotatable bonds is 3. The lowest BCUT2D eigenvalue weighted by Crippen LogP contribution is -2.25. The van der Waals surface area contributed by atoms with Gasteiger partial charge in [0, 0.05) is 6.54 Å². The van der Waals surface area contributed by atoms with Gasteiger partial charge in [0.1, 0.15) is 0 Å². The molecule has 0 saturated carbocycles. The van der Waals surface area contributed by atoms with Gasteiger partial charge in [0.2, 0.25) is 0 Å². The molecule has 0 N–H and O–H groups in total. The molecule has 72 valence electrons. The van der Waals surface area contributed by atoms with Crippen LogP contribution in [0.15, 0.2) is 6.07 Å². The highest BCUT2D eigenvalue weighted by atomic mass is 16.4. The molecular weight excluding hydrogens is 168 g/mol. The molecule has 0 bridgehead atoms. The predicted molar refractivity (Wildman–Crippen MR) is 46.3 cm³/mol. The maximum Gasteiger partial charge on any atom is 0.0896 e. The van der Waals surface area contributed by atoms with Crippen LogP contribution in [0.1, 0.15) is 42.9 Å². The Balaban J connectivity index is 3.11. The second-order valence-corrected chi connectivity index (χ2v) is 3.21. The summed E-state index contributed by atoms with van der Waals surface area (Å²) in [4.78, 5) is 10.6.